The second-order valence-corrected chi connectivity index (χ2v) is 7.56. The number of benzene rings is 1. The number of sulfonamides is 1. The molecule has 0 saturated carbocycles. The lowest BCUT2D eigenvalue weighted by atomic mass is 10.2. The van der Waals surface area contributed by atoms with E-state index in [1.165, 1.54) is 10.5 Å². The minimum atomic E-state index is -3.44. The molecule has 2 aromatic rings. The van der Waals surface area contributed by atoms with Gasteiger partial charge in [0.2, 0.25) is 15.9 Å². The summed E-state index contributed by atoms with van der Waals surface area (Å²) in [6.07, 6.45) is 1.31. The van der Waals surface area contributed by atoms with Gasteiger partial charge >= 0.3 is 0 Å². The van der Waals surface area contributed by atoms with Crippen molar-refractivity contribution in [3.8, 4) is 5.88 Å². The van der Waals surface area contributed by atoms with Crippen molar-refractivity contribution in [2.45, 2.75) is 17.9 Å². The lowest BCUT2D eigenvalue weighted by Gasteiger charge is -2.37. The van der Waals surface area contributed by atoms with Gasteiger partial charge in [0.25, 0.3) is 0 Å². The lowest BCUT2D eigenvalue weighted by molar-refractivity contribution is 0.0721. The molecular weight excluding hydrogens is 324 g/mol. The molecule has 116 valence electrons. The molecule has 0 unspecified atom stereocenters. The zero-order valence-corrected chi connectivity index (χ0v) is 13.5. The first-order chi connectivity index (χ1) is 10.4. The number of hydrogen-bond acceptors (Lipinski definition) is 4. The second kappa shape index (κ2) is 5.87. The standard InChI is InChI=1S/C15H15ClN2O3S/c1-11-2-5-14(6-3-11)22(19,20)18-9-13(10-18)21-15-7-4-12(16)8-17-15/h2-8,13H,9-10H2,1H3. The predicted molar refractivity (Wildman–Crippen MR) is 83.6 cm³/mol. The summed E-state index contributed by atoms with van der Waals surface area (Å²) in [7, 11) is -3.44. The fourth-order valence-corrected chi connectivity index (χ4v) is 3.75. The maximum atomic E-state index is 12.4. The summed E-state index contributed by atoms with van der Waals surface area (Å²) in [5.74, 6) is 0.446. The number of nitrogens with zero attached hydrogens (tertiary/aromatic N) is 2. The van der Waals surface area contributed by atoms with Crippen LogP contribution in [0.15, 0.2) is 47.5 Å². The quantitative estimate of drug-likeness (QED) is 0.859. The van der Waals surface area contributed by atoms with Crippen LogP contribution in [0.25, 0.3) is 0 Å². The van der Waals surface area contributed by atoms with Crippen molar-refractivity contribution in [3.05, 3.63) is 53.2 Å². The third-order valence-corrected chi connectivity index (χ3v) is 5.53. The maximum absolute atomic E-state index is 12.4. The summed E-state index contributed by atoms with van der Waals surface area (Å²) >= 11 is 5.75. The highest BCUT2D eigenvalue weighted by molar-refractivity contribution is 7.89. The molecule has 0 N–H and O–H groups in total. The van der Waals surface area contributed by atoms with Crippen LogP contribution >= 0.6 is 11.6 Å². The molecule has 0 atom stereocenters. The van der Waals surface area contributed by atoms with E-state index >= 15 is 0 Å². The van der Waals surface area contributed by atoms with Crippen LogP contribution in [-0.4, -0.2) is 36.9 Å². The highest BCUT2D eigenvalue weighted by atomic mass is 35.5. The van der Waals surface area contributed by atoms with Crippen molar-refractivity contribution in [2.75, 3.05) is 13.1 Å². The fraction of sp³-hybridized carbons (Fsp3) is 0.267. The van der Waals surface area contributed by atoms with Crippen LogP contribution in [0.3, 0.4) is 0 Å². The molecule has 1 aliphatic rings. The van der Waals surface area contributed by atoms with E-state index in [4.69, 9.17) is 16.3 Å². The number of pyridine rings is 1. The number of aryl methyl sites for hydroxylation is 1. The van der Waals surface area contributed by atoms with Crippen LogP contribution in [0.1, 0.15) is 5.56 Å². The van der Waals surface area contributed by atoms with Crippen molar-refractivity contribution in [2.24, 2.45) is 0 Å². The predicted octanol–water partition coefficient (Wildman–Crippen LogP) is 2.50. The van der Waals surface area contributed by atoms with Gasteiger partial charge in [-0.25, -0.2) is 13.4 Å². The third kappa shape index (κ3) is 3.09. The van der Waals surface area contributed by atoms with Gasteiger partial charge in [0.1, 0.15) is 6.10 Å². The first-order valence-corrected chi connectivity index (χ1v) is 8.62. The van der Waals surface area contributed by atoms with E-state index in [0.717, 1.165) is 5.56 Å². The van der Waals surface area contributed by atoms with Gasteiger partial charge in [-0.2, -0.15) is 4.31 Å². The Balaban J connectivity index is 1.62. The largest absolute Gasteiger partial charge is 0.472 e. The highest BCUT2D eigenvalue weighted by Crippen LogP contribution is 2.24. The molecule has 0 bridgehead atoms. The number of hydrogen-bond donors (Lipinski definition) is 0. The molecule has 3 rings (SSSR count). The van der Waals surface area contributed by atoms with Gasteiger partial charge in [0.05, 0.1) is 23.0 Å². The minimum absolute atomic E-state index is 0.186. The number of ether oxygens (including phenoxy) is 1. The van der Waals surface area contributed by atoms with E-state index in [-0.39, 0.29) is 6.10 Å². The summed E-state index contributed by atoms with van der Waals surface area (Å²) in [5.41, 5.74) is 1.03. The topological polar surface area (TPSA) is 59.5 Å². The van der Waals surface area contributed by atoms with Gasteiger partial charge in [0.15, 0.2) is 0 Å². The molecule has 0 aliphatic carbocycles. The Morgan fingerprint density at radius 1 is 1.18 bits per heavy atom. The molecule has 1 saturated heterocycles. The van der Waals surface area contributed by atoms with Crippen molar-refractivity contribution >= 4 is 21.6 Å². The maximum Gasteiger partial charge on any atom is 0.243 e. The monoisotopic (exact) mass is 338 g/mol. The van der Waals surface area contributed by atoms with Crippen LogP contribution in [0, 0.1) is 6.92 Å². The van der Waals surface area contributed by atoms with E-state index in [0.29, 0.717) is 28.9 Å². The number of rotatable bonds is 4. The Hall–Kier alpha value is -1.63. The van der Waals surface area contributed by atoms with Gasteiger partial charge < -0.3 is 4.74 Å². The summed E-state index contributed by atoms with van der Waals surface area (Å²) in [4.78, 5) is 4.34. The van der Waals surface area contributed by atoms with Crippen molar-refractivity contribution in [1.82, 2.24) is 9.29 Å². The minimum Gasteiger partial charge on any atom is -0.472 e. The summed E-state index contributed by atoms with van der Waals surface area (Å²) in [6, 6.07) is 10.2. The van der Waals surface area contributed by atoms with E-state index in [9.17, 15) is 8.42 Å². The third-order valence-electron chi connectivity index (χ3n) is 3.46. The van der Waals surface area contributed by atoms with Crippen molar-refractivity contribution in [1.29, 1.82) is 0 Å². The van der Waals surface area contributed by atoms with Gasteiger partial charge in [-0.05, 0) is 25.1 Å². The van der Waals surface area contributed by atoms with E-state index in [2.05, 4.69) is 4.98 Å². The fourth-order valence-electron chi connectivity index (χ4n) is 2.13. The van der Waals surface area contributed by atoms with Crippen LogP contribution in [0.5, 0.6) is 5.88 Å². The summed E-state index contributed by atoms with van der Waals surface area (Å²) in [6.45, 7) is 2.56. The zero-order chi connectivity index (χ0) is 15.7. The van der Waals surface area contributed by atoms with Gasteiger partial charge in [-0.3, -0.25) is 0 Å². The summed E-state index contributed by atoms with van der Waals surface area (Å²) < 4.78 is 31.8. The molecule has 1 aromatic carbocycles. The average molecular weight is 339 g/mol. The molecule has 0 radical (unpaired) electrons. The van der Waals surface area contributed by atoms with Crippen molar-refractivity contribution < 1.29 is 13.2 Å². The second-order valence-electron chi connectivity index (χ2n) is 5.19. The van der Waals surface area contributed by atoms with E-state index < -0.39 is 10.0 Å². The molecule has 22 heavy (non-hydrogen) atoms. The molecule has 1 aromatic heterocycles. The van der Waals surface area contributed by atoms with Gasteiger partial charge in [-0.15, -0.1) is 0 Å². The van der Waals surface area contributed by atoms with Crippen LogP contribution in [0.4, 0.5) is 0 Å². The molecule has 7 heteroatoms. The number of aromatic nitrogens is 1. The molecular formula is C15H15ClN2O3S. The van der Waals surface area contributed by atoms with Gasteiger partial charge in [0, 0.05) is 12.3 Å². The van der Waals surface area contributed by atoms with Gasteiger partial charge in [-0.1, -0.05) is 29.3 Å². The van der Waals surface area contributed by atoms with Crippen LogP contribution < -0.4 is 4.74 Å². The summed E-state index contributed by atoms with van der Waals surface area (Å²) in [5, 5.41) is 0.532. The Morgan fingerprint density at radius 2 is 1.86 bits per heavy atom. The molecule has 2 heterocycles. The molecule has 1 aliphatic heterocycles. The van der Waals surface area contributed by atoms with Crippen LogP contribution in [-0.2, 0) is 10.0 Å². The molecule has 0 spiro atoms. The molecule has 5 nitrogen and oxygen atoms in total. The highest BCUT2D eigenvalue weighted by Gasteiger charge is 2.38. The van der Waals surface area contributed by atoms with E-state index in [1.54, 1.807) is 36.4 Å². The average Bonchev–Trinajstić information content (AvgIpc) is 2.44. The SMILES string of the molecule is Cc1ccc(S(=O)(=O)N2CC(Oc3ccc(Cl)cn3)C2)cc1. The Kier molecular flexibility index (Phi) is 4.08. The molecule has 0 amide bonds. The van der Waals surface area contributed by atoms with Crippen molar-refractivity contribution in [3.63, 3.8) is 0 Å². The zero-order valence-electron chi connectivity index (χ0n) is 11.9. The lowest BCUT2D eigenvalue weighted by Crippen LogP contribution is -2.56. The Labute approximate surface area is 134 Å². The Bertz CT molecular complexity index is 754. The Morgan fingerprint density at radius 3 is 2.45 bits per heavy atom. The first-order valence-electron chi connectivity index (χ1n) is 6.80. The van der Waals surface area contributed by atoms with Crippen LogP contribution in [0.2, 0.25) is 5.02 Å². The molecule has 1 fully saturated rings. The first kappa shape index (κ1) is 15.3. The number of halogens is 1. The normalized spacial score (nSPS) is 16.3. The van der Waals surface area contributed by atoms with E-state index in [1.807, 2.05) is 6.92 Å². The smallest absolute Gasteiger partial charge is 0.243 e.